The van der Waals surface area contributed by atoms with Crippen LogP contribution in [0.3, 0.4) is 0 Å². The van der Waals surface area contributed by atoms with E-state index in [2.05, 4.69) is 26.0 Å². The van der Waals surface area contributed by atoms with E-state index in [1.54, 1.807) is 4.68 Å². The fourth-order valence-corrected chi connectivity index (χ4v) is 2.55. The highest BCUT2D eigenvalue weighted by Gasteiger charge is 2.12. The second-order valence-corrected chi connectivity index (χ2v) is 5.52. The van der Waals surface area contributed by atoms with Crippen LogP contribution in [-0.2, 0) is 13.0 Å². The molecule has 0 spiro atoms. The Bertz CT molecular complexity index is 506. The fraction of sp³-hybridized carbons (Fsp3) is 0.300. The second-order valence-electron chi connectivity index (χ2n) is 3.23. The summed E-state index contributed by atoms with van der Waals surface area (Å²) >= 11 is 4.85. The molecule has 0 aliphatic rings. The van der Waals surface area contributed by atoms with Crippen LogP contribution in [0.25, 0.3) is 0 Å². The Balaban J connectivity index is 2.13. The number of halogens is 1. The van der Waals surface area contributed by atoms with E-state index >= 15 is 0 Å². The van der Waals surface area contributed by atoms with Crippen LogP contribution in [0.2, 0.25) is 0 Å². The third-order valence-electron chi connectivity index (χ3n) is 2.20. The fourth-order valence-electron chi connectivity index (χ4n) is 1.39. The van der Waals surface area contributed by atoms with E-state index in [4.69, 9.17) is 0 Å². The molecular weight excluding hydrogens is 290 g/mol. The van der Waals surface area contributed by atoms with Gasteiger partial charge in [-0.1, -0.05) is 0 Å². The largest absolute Gasteiger partial charge is 0.294 e. The monoisotopic (exact) mass is 299 g/mol. The standard InChI is InChI=1S/C10H10BrN3OS/c1-2-14-10(12-6-13-14)4-8(15)7-3-9(11)16-5-7/h3,5-6H,2,4H2,1H3. The van der Waals surface area contributed by atoms with Crippen molar-refractivity contribution in [1.29, 1.82) is 0 Å². The zero-order valence-corrected chi connectivity index (χ0v) is 11.1. The Morgan fingerprint density at radius 2 is 2.44 bits per heavy atom. The van der Waals surface area contributed by atoms with Crippen molar-refractivity contribution in [2.24, 2.45) is 0 Å². The predicted molar refractivity (Wildman–Crippen MR) is 65.7 cm³/mol. The van der Waals surface area contributed by atoms with Crippen LogP contribution in [0.15, 0.2) is 21.6 Å². The van der Waals surface area contributed by atoms with E-state index < -0.39 is 0 Å². The molecule has 0 bridgehead atoms. The van der Waals surface area contributed by atoms with Crippen molar-refractivity contribution in [3.05, 3.63) is 32.9 Å². The molecule has 0 aliphatic carbocycles. The molecule has 4 nitrogen and oxygen atoms in total. The average molecular weight is 300 g/mol. The van der Waals surface area contributed by atoms with Crippen LogP contribution in [-0.4, -0.2) is 20.5 Å². The third-order valence-corrected chi connectivity index (χ3v) is 3.71. The minimum atomic E-state index is 0.0738. The predicted octanol–water partition coefficient (Wildman–Crippen LogP) is 2.55. The topological polar surface area (TPSA) is 47.8 Å². The number of ketones is 1. The number of carbonyl (C=O) groups is 1. The first-order chi connectivity index (χ1) is 7.70. The van der Waals surface area contributed by atoms with E-state index in [1.165, 1.54) is 17.7 Å². The number of nitrogens with zero attached hydrogens (tertiary/aromatic N) is 3. The van der Waals surface area contributed by atoms with E-state index in [0.717, 1.165) is 21.7 Å². The highest BCUT2D eigenvalue weighted by Crippen LogP contribution is 2.21. The summed E-state index contributed by atoms with van der Waals surface area (Å²) in [7, 11) is 0. The molecular formula is C10H10BrN3OS. The minimum absolute atomic E-state index is 0.0738. The molecule has 0 saturated carbocycles. The molecule has 0 aromatic carbocycles. The molecule has 0 N–H and O–H groups in total. The van der Waals surface area contributed by atoms with Gasteiger partial charge in [0.25, 0.3) is 0 Å². The molecule has 0 atom stereocenters. The lowest BCUT2D eigenvalue weighted by molar-refractivity contribution is 0.0990. The van der Waals surface area contributed by atoms with Crippen LogP contribution < -0.4 is 0 Å². The summed E-state index contributed by atoms with van der Waals surface area (Å²) in [5.41, 5.74) is 0.725. The van der Waals surface area contributed by atoms with Gasteiger partial charge in [-0.25, -0.2) is 9.67 Å². The quantitative estimate of drug-likeness (QED) is 0.815. The average Bonchev–Trinajstić information content (AvgIpc) is 2.86. The van der Waals surface area contributed by atoms with Crippen molar-refractivity contribution in [2.75, 3.05) is 0 Å². The first-order valence-electron chi connectivity index (χ1n) is 4.84. The van der Waals surface area contributed by atoms with Gasteiger partial charge in [0.2, 0.25) is 0 Å². The van der Waals surface area contributed by atoms with Crippen LogP contribution in [0.5, 0.6) is 0 Å². The molecule has 0 aliphatic heterocycles. The molecule has 0 fully saturated rings. The van der Waals surface area contributed by atoms with Gasteiger partial charge >= 0.3 is 0 Å². The van der Waals surface area contributed by atoms with Crippen LogP contribution >= 0.6 is 27.3 Å². The highest BCUT2D eigenvalue weighted by atomic mass is 79.9. The Morgan fingerprint density at radius 3 is 3.06 bits per heavy atom. The van der Waals surface area contributed by atoms with E-state index in [0.29, 0.717) is 6.42 Å². The van der Waals surface area contributed by atoms with Crippen LogP contribution in [0.4, 0.5) is 0 Å². The Kier molecular flexibility index (Phi) is 3.50. The molecule has 2 rings (SSSR count). The van der Waals surface area contributed by atoms with Crippen molar-refractivity contribution in [1.82, 2.24) is 14.8 Å². The van der Waals surface area contributed by atoms with Gasteiger partial charge in [0.05, 0.1) is 10.2 Å². The minimum Gasteiger partial charge on any atom is -0.294 e. The first-order valence-corrected chi connectivity index (χ1v) is 6.52. The molecule has 2 heterocycles. The number of thiophene rings is 1. The molecule has 0 amide bonds. The zero-order chi connectivity index (χ0) is 11.5. The molecule has 2 aromatic heterocycles. The van der Waals surface area contributed by atoms with E-state index in [9.17, 15) is 4.79 Å². The number of hydrogen-bond donors (Lipinski definition) is 0. The summed E-state index contributed by atoms with van der Waals surface area (Å²) in [6, 6.07) is 1.83. The molecule has 0 saturated heterocycles. The summed E-state index contributed by atoms with van der Waals surface area (Å²) in [6.07, 6.45) is 1.78. The zero-order valence-electron chi connectivity index (χ0n) is 8.68. The van der Waals surface area contributed by atoms with Crippen molar-refractivity contribution >= 4 is 33.0 Å². The second kappa shape index (κ2) is 4.88. The summed E-state index contributed by atoms with van der Waals surface area (Å²) in [5, 5.41) is 5.88. The van der Waals surface area contributed by atoms with Gasteiger partial charge in [0.1, 0.15) is 12.2 Å². The van der Waals surface area contributed by atoms with Crippen molar-refractivity contribution in [3.8, 4) is 0 Å². The number of hydrogen-bond acceptors (Lipinski definition) is 4. The number of carbonyl (C=O) groups excluding carboxylic acids is 1. The van der Waals surface area contributed by atoms with E-state index in [-0.39, 0.29) is 5.78 Å². The van der Waals surface area contributed by atoms with Gasteiger partial charge in [-0.2, -0.15) is 5.10 Å². The first kappa shape index (κ1) is 11.5. The van der Waals surface area contributed by atoms with Crippen LogP contribution in [0.1, 0.15) is 23.1 Å². The molecule has 84 valence electrons. The molecule has 0 radical (unpaired) electrons. The normalized spacial score (nSPS) is 10.6. The maximum Gasteiger partial charge on any atom is 0.171 e. The SMILES string of the molecule is CCn1ncnc1CC(=O)c1csc(Br)c1. The summed E-state index contributed by atoms with van der Waals surface area (Å²) in [6.45, 7) is 2.71. The van der Waals surface area contributed by atoms with Crippen molar-refractivity contribution in [2.45, 2.75) is 19.9 Å². The van der Waals surface area contributed by atoms with Gasteiger partial charge in [-0.15, -0.1) is 11.3 Å². The van der Waals surface area contributed by atoms with Gasteiger partial charge in [0.15, 0.2) is 5.78 Å². The number of aryl methyl sites for hydroxylation is 1. The summed E-state index contributed by atoms with van der Waals surface area (Å²) in [4.78, 5) is 16.0. The molecule has 6 heteroatoms. The van der Waals surface area contributed by atoms with E-state index in [1.807, 2.05) is 18.4 Å². The highest BCUT2D eigenvalue weighted by molar-refractivity contribution is 9.11. The Hall–Kier alpha value is -1.01. The molecule has 0 unspecified atom stereocenters. The summed E-state index contributed by atoms with van der Waals surface area (Å²) < 4.78 is 2.70. The van der Waals surface area contributed by atoms with Gasteiger partial charge in [-0.3, -0.25) is 4.79 Å². The smallest absolute Gasteiger partial charge is 0.171 e. The van der Waals surface area contributed by atoms with Gasteiger partial charge in [-0.05, 0) is 28.9 Å². The lowest BCUT2D eigenvalue weighted by atomic mass is 10.1. The maximum absolute atomic E-state index is 11.9. The maximum atomic E-state index is 11.9. The Labute approximate surface area is 105 Å². The van der Waals surface area contributed by atoms with Crippen molar-refractivity contribution < 1.29 is 4.79 Å². The van der Waals surface area contributed by atoms with Crippen LogP contribution in [0, 0.1) is 0 Å². The molecule has 16 heavy (non-hydrogen) atoms. The lowest BCUT2D eigenvalue weighted by Crippen LogP contribution is -2.10. The number of Topliss-reactive ketones (excluding diaryl/α,β-unsaturated/α-hetero) is 1. The Morgan fingerprint density at radius 1 is 1.62 bits per heavy atom. The number of aromatic nitrogens is 3. The third kappa shape index (κ3) is 2.38. The lowest BCUT2D eigenvalue weighted by Gasteiger charge is -2.00. The van der Waals surface area contributed by atoms with Gasteiger partial charge < -0.3 is 0 Å². The number of rotatable bonds is 4. The summed E-state index contributed by atoms with van der Waals surface area (Å²) in [5.74, 6) is 0.791. The van der Waals surface area contributed by atoms with Crippen molar-refractivity contribution in [3.63, 3.8) is 0 Å². The molecule has 2 aromatic rings. The van der Waals surface area contributed by atoms with Gasteiger partial charge in [0, 0.05) is 17.5 Å².